The van der Waals surface area contributed by atoms with Gasteiger partial charge in [-0.1, -0.05) is 18.2 Å². The van der Waals surface area contributed by atoms with Crippen molar-refractivity contribution >= 4 is 17.6 Å². The number of halogens is 1. The SMILES string of the molecule is OC1CN(CCCN2CCN(c3ccc(F)cc3)CC2)Sc2ccccc21. The van der Waals surface area contributed by atoms with E-state index in [1.54, 1.807) is 11.9 Å². The Morgan fingerprint density at radius 1 is 0.963 bits per heavy atom. The fourth-order valence-electron chi connectivity index (χ4n) is 3.80. The summed E-state index contributed by atoms with van der Waals surface area (Å²) >= 11 is 1.76. The van der Waals surface area contributed by atoms with Crippen molar-refractivity contribution in [1.29, 1.82) is 0 Å². The summed E-state index contributed by atoms with van der Waals surface area (Å²) < 4.78 is 15.3. The molecular weight excluding hydrogens is 361 g/mol. The van der Waals surface area contributed by atoms with Gasteiger partial charge in [0.15, 0.2) is 0 Å². The normalized spacial score (nSPS) is 21.3. The van der Waals surface area contributed by atoms with Gasteiger partial charge in [0.2, 0.25) is 0 Å². The van der Waals surface area contributed by atoms with Gasteiger partial charge >= 0.3 is 0 Å². The number of rotatable bonds is 5. The van der Waals surface area contributed by atoms with Gasteiger partial charge in [-0.2, -0.15) is 0 Å². The molecule has 0 saturated carbocycles. The molecule has 0 bridgehead atoms. The molecule has 1 N–H and O–H groups in total. The first-order valence-corrected chi connectivity index (χ1v) is 10.4. The Balaban J connectivity index is 1.20. The smallest absolute Gasteiger partial charge is 0.123 e. The third-order valence-electron chi connectivity index (χ3n) is 5.33. The van der Waals surface area contributed by atoms with E-state index in [1.165, 1.54) is 17.0 Å². The van der Waals surface area contributed by atoms with E-state index in [-0.39, 0.29) is 11.9 Å². The van der Waals surface area contributed by atoms with Gasteiger partial charge in [-0.05, 0) is 60.8 Å². The molecule has 1 saturated heterocycles. The predicted molar refractivity (Wildman–Crippen MR) is 109 cm³/mol. The van der Waals surface area contributed by atoms with Gasteiger partial charge in [-0.3, -0.25) is 4.90 Å². The van der Waals surface area contributed by atoms with E-state index in [4.69, 9.17) is 0 Å². The Hall–Kier alpha value is -1.60. The number of aliphatic hydroxyl groups is 1. The quantitative estimate of drug-likeness (QED) is 0.795. The minimum atomic E-state index is -0.387. The lowest BCUT2D eigenvalue weighted by Gasteiger charge is -2.36. The van der Waals surface area contributed by atoms with Crippen molar-refractivity contribution in [2.75, 3.05) is 50.7 Å². The number of nitrogens with zero attached hydrogens (tertiary/aromatic N) is 3. The Morgan fingerprint density at radius 2 is 1.70 bits per heavy atom. The minimum absolute atomic E-state index is 0.180. The third-order valence-corrected chi connectivity index (χ3v) is 6.49. The highest BCUT2D eigenvalue weighted by atomic mass is 32.2. The van der Waals surface area contributed by atoms with Gasteiger partial charge in [-0.15, -0.1) is 0 Å². The molecule has 6 heteroatoms. The van der Waals surface area contributed by atoms with Crippen molar-refractivity contribution in [3.05, 3.63) is 59.9 Å². The first-order chi connectivity index (χ1) is 13.2. The third kappa shape index (κ3) is 4.63. The standard InChI is InChI=1S/C21H26FN3OS/c22-17-6-8-18(9-7-17)24-14-12-23(13-15-24)10-3-11-25-16-20(26)19-4-1-2-5-21(19)27-25/h1-2,4-9,20,26H,3,10-16H2. The maximum atomic E-state index is 13.1. The van der Waals surface area contributed by atoms with Crippen molar-refractivity contribution in [3.8, 4) is 0 Å². The van der Waals surface area contributed by atoms with Crippen molar-refractivity contribution in [3.63, 3.8) is 0 Å². The molecule has 27 heavy (non-hydrogen) atoms. The number of hydrogen-bond donors (Lipinski definition) is 1. The summed E-state index contributed by atoms with van der Waals surface area (Å²) in [5.74, 6) is -0.180. The highest BCUT2D eigenvalue weighted by molar-refractivity contribution is 7.97. The summed E-state index contributed by atoms with van der Waals surface area (Å²) in [5, 5.41) is 10.3. The van der Waals surface area contributed by atoms with Crippen LogP contribution in [0.15, 0.2) is 53.4 Å². The van der Waals surface area contributed by atoms with E-state index in [1.807, 2.05) is 30.3 Å². The van der Waals surface area contributed by atoms with E-state index in [0.29, 0.717) is 6.54 Å². The largest absolute Gasteiger partial charge is 0.387 e. The summed E-state index contributed by atoms with van der Waals surface area (Å²) in [4.78, 5) is 5.99. The van der Waals surface area contributed by atoms with Crippen molar-refractivity contribution in [2.45, 2.75) is 17.4 Å². The lowest BCUT2D eigenvalue weighted by atomic mass is 10.1. The highest BCUT2D eigenvalue weighted by Gasteiger charge is 2.24. The van der Waals surface area contributed by atoms with Gasteiger partial charge in [-0.25, -0.2) is 8.70 Å². The molecule has 0 radical (unpaired) electrons. The number of hydrogen-bond acceptors (Lipinski definition) is 5. The first kappa shape index (κ1) is 18.7. The zero-order chi connectivity index (χ0) is 18.6. The maximum absolute atomic E-state index is 13.1. The van der Waals surface area contributed by atoms with Crippen LogP contribution in [0.4, 0.5) is 10.1 Å². The lowest BCUT2D eigenvalue weighted by molar-refractivity contribution is 0.141. The molecule has 2 aliphatic heterocycles. The molecule has 0 aliphatic carbocycles. The van der Waals surface area contributed by atoms with Crippen LogP contribution in [0.25, 0.3) is 0 Å². The highest BCUT2D eigenvalue weighted by Crippen LogP contribution is 2.36. The number of aliphatic hydroxyl groups excluding tert-OH is 1. The Morgan fingerprint density at radius 3 is 2.48 bits per heavy atom. The molecule has 2 aliphatic rings. The van der Waals surface area contributed by atoms with E-state index < -0.39 is 0 Å². The van der Waals surface area contributed by atoms with Crippen molar-refractivity contribution < 1.29 is 9.50 Å². The van der Waals surface area contributed by atoms with Gasteiger partial charge in [0.25, 0.3) is 0 Å². The monoisotopic (exact) mass is 387 g/mol. The molecule has 1 fully saturated rings. The second-order valence-corrected chi connectivity index (χ2v) is 8.33. The maximum Gasteiger partial charge on any atom is 0.123 e. The molecule has 0 amide bonds. The number of fused-ring (bicyclic) bond motifs is 1. The number of β-amino-alcohol motifs (C(OH)–C–C–N with tert-alkyl or cyclic N) is 1. The molecule has 2 heterocycles. The molecule has 0 aromatic heterocycles. The first-order valence-electron chi connectivity index (χ1n) is 9.62. The molecule has 1 unspecified atom stereocenters. The van der Waals surface area contributed by atoms with Crippen LogP contribution in [0.3, 0.4) is 0 Å². The number of benzene rings is 2. The van der Waals surface area contributed by atoms with Crippen LogP contribution < -0.4 is 4.90 Å². The minimum Gasteiger partial charge on any atom is -0.387 e. The van der Waals surface area contributed by atoms with Crippen LogP contribution >= 0.6 is 11.9 Å². The lowest BCUT2D eigenvalue weighted by Crippen LogP contribution is -2.47. The van der Waals surface area contributed by atoms with Crippen LogP contribution in [0.5, 0.6) is 0 Å². The van der Waals surface area contributed by atoms with E-state index >= 15 is 0 Å². The van der Waals surface area contributed by atoms with Gasteiger partial charge in [0.05, 0.1) is 6.10 Å². The zero-order valence-electron chi connectivity index (χ0n) is 15.4. The molecule has 0 spiro atoms. The Labute approximate surface area is 164 Å². The topological polar surface area (TPSA) is 30.0 Å². The van der Waals surface area contributed by atoms with Crippen molar-refractivity contribution in [1.82, 2.24) is 9.21 Å². The fraction of sp³-hybridized carbons (Fsp3) is 0.429. The van der Waals surface area contributed by atoms with Crippen LogP contribution in [-0.4, -0.2) is 60.1 Å². The molecule has 4 nitrogen and oxygen atoms in total. The average Bonchev–Trinajstić information content (AvgIpc) is 2.69. The van der Waals surface area contributed by atoms with Crippen molar-refractivity contribution in [2.24, 2.45) is 0 Å². The summed E-state index contributed by atoms with van der Waals surface area (Å²) in [6.45, 7) is 6.79. The summed E-state index contributed by atoms with van der Waals surface area (Å²) in [7, 11) is 0. The fourth-order valence-corrected chi connectivity index (χ4v) is 4.96. The van der Waals surface area contributed by atoms with Crippen LogP contribution in [0, 0.1) is 5.82 Å². The summed E-state index contributed by atoms with van der Waals surface area (Å²) in [6.07, 6.45) is 0.708. The predicted octanol–water partition coefficient (Wildman–Crippen LogP) is 3.39. The second-order valence-electron chi connectivity index (χ2n) is 7.19. The molecule has 2 aromatic carbocycles. The van der Waals surface area contributed by atoms with Crippen LogP contribution in [0.2, 0.25) is 0 Å². The molecule has 1 atom stereocenters. The number of piperazine rings is 1. The molecule has 2 aromatic rings. The van der Waals surface area contributed by atoms with Gasteiger partial charge < -0.3 is 10.0 Å². The van der Waals surface area contributed by atoms with E-state index in [0.717, 1.165) is 56.9 Å². The van der Waals surface area contributed by atoms with Gasteiger partial charge in [0.1, 0.15) is 5.82 Å². The van der Waals surface area contributed by atoms with Crippen LogP contribution in [-0.2, 0) is 0 Å². The Bertz CT molecular complexity index is 749. The van der Waals surface area contributed by atoms with Crippen LogP contribution in [0.1, 0.15) is 18.1 Å². The average molecular weight is 388 g/mol. The molecule has 4 rings (SSSR count). The Kier molecular flexibility index (Phi) is 5.98. The zero-order valence-corrected chi connectivity index (χ0v) is 16.2. The van der Waals surface area contributed by atoms with E-state index in [9.17, 15) is 9.50 Å². The molecule has 144 valence electrons. The summed E-state index contributed by atoms with van der Waals surface area (Å²) in [6, 6.07) is 14.9. The number of anilines is 1. The second kappa shape index (κ2) is 8.61. The van der Waals surface area contributed by atoms with E-state index in [2.05, 4.69) is 20.2 Å². The summed E-state index contributed by atoms with van der Waals surface area (Å²) in [5.41, 5.74) is 2.16. The van der Waals surface area contributed by atoms with Gasteiger partial charge in [0, 0.05) is 49.9 Å². The molecular formula is C21H26FN3OS.